The minimum atomic E-state index is -1.79. The number of carbonyl (C=O) groups is 3. The monoisotopic (exact) mass is 847 g/mol. The number of hydrogen-bond donors (Lipinski definition) is 3. The highest BCUT2D eigenvalue weighted by molar-refractivity contribution is 6.31. The summed E-state index contributed by atoms with van der Waals surface area (Å²) in [6, 6.07) is 12.8. The van der Waals surface area contributed by atoms with Gasteiger partial charge in [-0.05, 0) is 47.7 Å². The molecule has 3 aromatic rings. The second-order valence-corrected chi connectivity index (χ2v) is 15.7. The van der Waals surface area contributed by atoms with Crippen LogP contribution in [0.5, 0.6) is 5.75 Å². The quantitative estimate of drug-likeness (QED) is 0.0886. The summed E-state index contributed by atoms with van der Waals surface area (Å²) in [5, 5.41) is 25.6. The number of carbonyl (C=O) groups excluding carboxylic acids is 3. The molecule has 12 nitrogen and oxygen atoms in total. The molecule has 1 aliphatic heterocycles. The zero-order valence-corrected chi connectivity index (χ0v) is 34.4. The van der Waals surface area contributed by atoms with Gasteiger partial charge in [0, 0.05) is 41.1 Å². The van der Waals surface area contributed by atoms with Crippen molar-refractivity contribution in [2.75, 3.05) is 66.5 Å². The summed E-state index contributed by atoms with van der Waals surface area (Å²) < 4.78 is 58.5. The number of aliphatic hydroxyl groups excluding tert-OH is 1. The summed E-state index contributed by atoms with van der Waals surface area (Å²) in [6.45, 7) is 7.20. The number of esters is 1. The lowest BCUT2D eigenvalue weighted by Crippen LogP contribution is -2.44. The molecular weight excluding hydrogens is 799 g/mol. The van der Waals surface area contributed by atoms with Gasteiger partial charge in [-0.3, -0.25) is 9.59 Å². The van der Waals surface area contributed by atoms with Gasteiger partial charge in [0.05, 0.1) is 76.1 Å². The number of ketones is 1. The van der Waals surface area contributed by atoms with E-state index in [2.05, 4.69) is 16.7 Å². The Bertz CT molecular complexity index is 1940. The number of ether oxygens (including phenoxy) is 5. The Balaban J connectivity index is 1.49. The molecule has 0 spiro atoms. The van der Waals surface area contributed by atoms with E-state index in [1.165, 1.54) is 55.6 Å². The van der Waals surface area contributed by atoms with Crippen LogP contribution >= 0.6 is 23.2 Å². The highest BCUT2D eigenvalue weighted by Crippen LogP contribution is 2.53. The van der Waals surface area contributed by atoms with Crippen LogP contribution in [0.2, 0.25) is 10.0 Å². The highest BCUT2D eigenvalue weighted by Gasteiger charge is 2.61. The van der Waals surface area contributed by atoms with Crippen LogP contribution in [0.15, 0.2) is 54.6 Å². The van der Waals surface area contributed by atoms with Gasteiger partial charge in [0.25, 0.3) is 5.91 Å². The van der Waals surface area contributed by atoms with Crippen LogP contribution in [-0.4, -0.2) is 101 Å². The summed E-state index contributed by atoms with van der Waals surface area (Å²) in [5.41, 5.74) is -1.87. The zero-order chi connectivity index (χ0) is 42.5. The predicted octanol–water partition coefficient (Wildman–Crippen LogP) is 5.73. The summed E-state index contributed by atoms with van der Waals surface area (Å²) in [7, 11) is 1.36. The van der Waals surface area contributed by atoms with Gasteiger partial charge in [0.15, 0.2) is 12.4 Å². The molecule has 314 valence electrons. The van der Waals surface area contributed by atoms with Gasteiger partial charge in [0.2, 0.25) is 0 Å². The van der Waals surface area contributed by atoms with E-state index in [1.54, 1.807) is 0 Å². The maximum absolute atomic E-state index is 16.1. The molecule has 16 heteroatoms. The number of nitrogens with one attached hydrogen (secondary N) is 2. The maximum Gasteiger partial charge on any atom is 0.338 e. The van der Waals surface area contributed by atoms with E-state index in [0.717, 1.165) is 6.07 Å². The van der Waals surface area contributed by atoms with Crippen LogP contribution in [0.4, 0.5) is 8.78 Å². The molecule has 1 saturated heterocycles. The topological polar surface area (TPSA) is 165 Å². The van der Waals surface area contributed by atoms with Gasteiger partial charge in [-0.25, -0.2) is 13.6 Å². The lowest BCUT2D eigenvalue weighted by molar-refractivity contribution is -0.124. The summed E-state index contributed by atoms with van der Waals surface area (Å²) in [5.74, 6) is -4.51. The Labute approximate surface area is 347 Å². The van der Waals surface area contributed by atoms with Gasteiger partial charge >= 0.3 is 5.97 Å². The SMILES string of the molecule is COc1cc(C(=O)OCC(=O)NCCOCCOCCOCCO)ccc1CC(=O)[C@@H]1N[C@@H](CC(C)(C)C)[C@](C#N)(c2ccc(Cl)cc2F)[C@H]1c1cccc(Cl)c1F. The van der Waals surface area contributed by atoms with Crippen LogP contribution in [0, 0.1) is 28.4 Å². The van der Waals surface area contributed by atoms with E-state index >= 15 is 8.78 Å². The highest BCUT2D eigenvalue weighted by atomic mass is 35.5. The molecular formula is C42H49Cl2F2N3O9. The van der Waals surface area contributed by atoms with E-state index in [4.69, 9.17) is 52.0 Å². The third kappa shape index (κ3) is 11.9. The molecule has 1 aliphatic rings. The number of nitriles is 1. The Morgan fingerprint density at radius 3 is 2.29 bits per heavy atom. The minimum absolute atomic E-state index is 0.0325. The van der Waals surface area contributed by atoms with E-state index in [-0.39, 0.29) is 65.3 Å². The molecule has 4 rings (SSSR count). The lowest BCUT2D eigenvalue weighted by atomic mass is 9.62. The first-order valence-electron chi connectivity index (χ1n) is 18.7. The van der Waals surface area contributed by atoms with Crippen LogP contribution in [0.1, 0.15) is 60.2 Å². The first-order chi connectivity index (χ1) is 27.7. The van der Waals surface area contributed by atoms with Crippen molar-refractivity contribution in [2.24, 2.45) is 5.41 Å². The fourth-order valence-corrected chi connectivity index (χ4v) is 7.40. The second kappa shape index (κ2) is 21.7. The Hall–Kier alpha value is -4.20. The van der Waals surface area contributed by atoms with E-state index in [0.29, 0.717) is 38.4 Å². The predicted molar refractivity (Wildman–Crippen MR) is 212 cm³/mol. The third-order valence-corrected chi connectivity index (χ3v) is 10.1. The number of amides is 1. The van der Waals surface area contributed by atoms with Gasteiger partial charge in [-0.15, -0.1) is 0 Å². The number of Topliss-reactive ketones (excluding diaryl/α,β-unsaturated/α-hetero) is 1. The molecule has 0 aromatic heterocycles. The molecule has 0 unspecified atom stereocenters. The molecule has 1 heterocycles. The fourth-order valence-electron chi connectivity index (χ4n) is 7.06. The summed E-state index contributed by atoms with van der Waals surface area (Å²) in [4.78, 5) is 39.7. The largest absolute Gasteiger partial charge is 0.496 e. The first-order valence-corrected chi connectivity index (χ1v) is 19.5. The molecule has 1 amide bonds. The maximum atomic E-state index is 16.1. The van der Waals surface area contributed by atoms with Gasteiger partial charge in [-0.2, -0.15) is 5.26 Å². The van der Waals surface area contributed by atoms with Crippen molar-refractivity contribution in [2.45, 2.75) is 57.0 Å². The molecule has 58 heavy (non-hydrogen) atoms. The molecule has 0 saturated carbocycles. The zero-order valence-electron chi connectivity index (χ0n) is 32.9. The third-order valence-electron chi connectivity index (χ3n) is 9.57. The van der Waals surface area contributed by atoms with Crippen molar-refractivity contribution >= 4 is 40.9 Å². The number of nitrogens with zero attached hydrogens (tertiary/aromatic N) is 1. The van der Waals surface area contributed by atoms with Crippen molar-refractivity contribution in [3.8, 4) is 11.8 Å². The van der Waals surface area contributed by atoms with Crippen LogP contribution in [0.25, 0.3) is 0 Å². The van der Waals surface area contributed by atoms with E-state index in [1.807, 2.05) is 20.8 Å². The number of benzene rings is 3. The first kappa shape index (κ1) is 46.5. The summed E-state index contributed by atoms with van der Waals surface area (Å²) in [6.07, 6.45) is 0.0219. The lowest BCUT2D eigenvalue weighted by Gasteiger charge is -2.37. The molecule has 3 N–H and O–H groups in total. The smallest absolute Gasteiger partial charge is 0.338 e. The van der Waals surface area contributed by atoms with Crippen molar-refractivity contribution < 1.29 is 52.0 Å². The number of rotatable bonds is 21. The van der Waals surface area contributed by atoms with Crippen molar-refractivity contribution in [3.05, 3.63) is 98.5 Å². The van der Waals surface area contributed by atoms with Gasteiger partial charge in [-0.1, -0.05) is 68.2 Å². The molecule has 1 fully saturated rings. The van der Waals surface area contributed by atoms with Crippen molar-refractivity contribution in [1.82, 2.24) is 10.6 Å². The second-order valence-electron chi connectivity index (χ2n) is 14.8. The van der Waals surface area contributed by atoms with Crippen LogP contribution in [0.3, 0.4) is 0 Å². The molecule has 4 atom stereocenters. The molecule has 0 radical (unpaired) electrons. The normalized spacial score (nSPS) is 19.1. The van der Waals surface area contributed by atoms with Gasteiger partial charge in [0.1, 0.15) is 22.8 Å². The Kier molecular flexibility index (Phi) is 17.4. The van der Waals surface area contributed by atoms with E-state index < -0.39 is 64.7 Å². The standard InChI is InChI=1S/C42H49Cl2F2N3O9/c1-41(2,3)23-35-42(25-47,30-11-10-28(43)22-32(30)45)37(29-6-5-7-31(44)38(29)46)39(49-35)33(51)20-26-8-9-27(21-34(26)54-4)40(53)58-24-36(52)48-12-14-55-16-18-57-19-17-56-15-13-50/h5-11,21-22,35,37,39,49-50H,12-20,23-24H2,1-4H3,(H,48,52)/t35-,37-,39-,42-/m0/s1. The van der Waals surface area contributed by atoms with Crippen LogP contribution < -0.4 is 15.4 Å². The number of halogens is 4. The van der Waals surface area contributed by atoms with E-state index in [9.17, 15) is 19.6 Å². The van der Waals surface area contributed by atoms with Crippen molar-refractivity contribution in [1.29, 1.82) is 5.26 Å². The Morgan fingerprint density at radius 1 is 0.966 bits per heavy atom. The number of hydrogen-bond acceptors (Lipinski definition) is 11. The van der Waals surface area contributed by atoms with Gasteiger partial charge < -0.3 is 39.4 Å². The number of methoxy groups -OCH3 is 1. The number of aliphatic hydroxyl groups is 1. The van der Waals surface area contributed by atoms with Crippen LogP contribution in [-0.2, 0) is 40.4 Å². The molecule has 3 aromatic carbocycles. The minimum Gasteiger partial charge on any atom is -0.496 e. The average molecular weight is 849 g/mol. The Morgan fingerprint density at radius 2 is 1.66 bits per heavy atom. The molecule has 0 bridgehead atoms. The summed E-state index contributed by atoms with van der Waals surface area (Å²) >= 11 is 12.4. The average Bonchev–Trinajstić information content (AvgIpc) is 3.49. The van der Waals surface area contributed by atoms with Crippen molar-refractivity contribution in [3.63, 3.8) is 0 Å². The molecule has 0 aliphatic carbocycles. The fraction of sp³-hybridized carbons (Fsp3) is 0.476.